The average Bonchev–Trinajstić information content (AvgIpc) is 3.16. The molecule has 2 aromatic rings. The van der Waals surface area contributed by atoms with Crippen molar-refractivity contribution in [3.05, 3.63) is 111 Å². The van der Waals surface area contributed by atoms with E-state index in [0.717, 1.165) is 24.3 Å². The lowest BCUT2D eigenvalue weighted by atomic mass is 9.74. The Kier molecular flexibility index (Phi) is 8.74. The van der Waals surface area contributed by atoms with Crippen LogP contribution in [0.1, 0.15) is 68.9 Å². The van der Waals surface area contributed by atoms with Crippen LogP contribution in [0.15, 0.2) is 83.3 Å². The number of rotatable bonds is 8. The number of nitrogens with zero attached hydrogens (tertiary/aromatic N) is 1. The summed E-state index contributed by atoms with van der Waals surface area (Å²) in [4.78, 5) is 15.1. The molecule has 0 bridgehead atoms. The van der Waals surface area contributed by atoms with Gasteiger partial charge in [0, 0.05) is 35.9 Å². The molecule has 0 fully saturated rings. The quantitative estimate of drug-likeness (QED) is 0.233. The third-order valence-electron chi connectivity index (χ3n) is 9.01. The van der Waals surface area contributed by atoms with E-state index in [1.54, 1.807) is 32.8 Å². The van der Waals surface area contributed by atoms with Gasteiger partial charge in [0.1, 0.15) is 5.76 Å². The zero-order chi connectivity index (χ0) is 33.9. The van der Waals surface area contributed by atoms with Crippen LogP contribution >= 0.6 is 0 Å². The van der Waals surface area contributed by atoms with Crippen molar-refractivity contribution >= 4 is 11.5 Å². The van der Waals surface area contributed by atoms with E-state index in [0.29, 0.717) is 46.6 Å². The number of Topliss-reactive ketones (excluding diaryl/α,β-unsaturated/α-hetero) is 1. The van der Waals surface area contributed by atoms with E-state index in [9.17, 15) is 36.2 Å². The number of halogens is 6. The number of carbonyl (C=O) groups excluding carboxylic acids is 1. The molecule has 1 N–H and O–H groups in total. The zero-order valence-corrected chi connectivity index (χ0v) is 26.3. The highest BCUT2D eigenvalue weighted by Crippen LogP contribution is 2.51. The summed E-state index contributed by atoms with van der Waals surface area (Å²) in [7, 11) is 1.54. The van der Waals surface area contributed by atoms with Crippen LogP contribution in [0, 0.1) is 6.92 Å². The number of aliphatic hydroxyl groups excluding tert-OH is 1. The normalized spacial score (nSPS) is 19.3. The number of ether oxygens (including phenoxy) is 1. The van der Waals surface area contributed by atoms with Gasteiger partial charge in [0.2, 0.25) is 5.78 Å². The highest BCUT2D eigenvalue weighted by molar-refractivity contribution is 6.21. The maximum Gasteiger partial charge on any atom is 0.416 e. The number of methoxy groups -OCH3 is 1. The molecule has 1 aliphatic carbocycles. The lowest BCUT2D eigenvalue weighted by Crippen LogP contribution is -2.31. The smallest absolute Gasteiger partial charge is 0.416 e. The van der Waals surface area contributed by atoms with Crippen molar-refractivity contribution in [3.63, 3.8) is 0 Å². The molecule has 0 radical (unpaired) electrons. The standard InChI is InChI=1S/C35H37F6NO3/c1-19-15-22(34(36,37)38)9-11-26(19)32(4,5)20(2)16-24-30(43)25(31(24)44)18-29-33(6,7)27-12-10-23(35(39,40)41)17-28(27)42(29)14-13-21(3)45-8/h9-12,15-18,21,43H,2,13-14H2,1,3-8H3/b24-16-,29-18-. The molecule has 0 spiro atoms. The summed E-state index contributed by atoms with van der Waals surface area (Å²) in [5.74, 6) is -0.768. The van der Waals surface area contributed by atoms with Gasteiger partial charge in [0.25, 0.3) is 0 Å². The lowest BCUT2D eigenvalue weighted by molar-refractivity contribution is -0.138. The third-order valence-corrected chi connectivity index (χ3v) is 9.01. The van der Waals surface area contributed by atoms with Crippen molar-refractivity contribution in [1.82, 2.24) is 0 Å². The molecule has 1 heterocycles. The number of ketones is 1. The van der Waals surface area contributed by atoms with Crippen molar-refractivity contribution in [2.75, 3.05) is 18.6 Å². The number of benzene rings is 2. The van der Waals surface area contributed by atoms with Crippen LogP contribution in [0.5, 0.6) is 0 Å². The molecule has 45 heavy (non-hydrogen) atoms. The molecule has 242 valence electrons. The molecule has 0 amide bonds. The van der Waals surface area contributed by atoms with Crippen molar-refractivity contribution in [3.8, 4) is 0 Å². The number of anilines is 1. The minimum Gasteiger partial charge on any atom is -0.506 e. The maximum absolute atomic E-state index is 13.6. The number of fused-ring (bicyclic) bond motifs is 1. The van der Waals surface area contributed by atoms with Gasteiger partial charge in [-0.2, -0.15) is 26.3 Å². The van der Waals surface area contributed by atoms with E-state index in [2.05, 4.69) is 6.58 Å². The fraction of sp³-hybridized carbons (Fsp3) is 0.400. The van der Waals surface area contributed by atoms with Crippen molar-refractivity contribution in [2.24, 2.45) is 0 Å². The van der Waals surface area contributed by atoms with E-state index < -0.39 is 40.1 Å². The van der Waals surface area contributed by atoms with E-state index in [-0.39, 0.29) is 23.0 Å². The SMILES string of the molecule is C=C(/C=C1\C(=O)C(/C=C2\N(CCC(C)OC)c3cc(C(F)(F)F)ccc3C2(C)C)=C1O)C(C)(C)c1ccc(C(F)(F)F)cc1C. The summed E-state index contributed by atoms with van der Waals surface area (Å²) >= 11 is 0. The van der Waals surface area contributed by atoms with Crippen LogP contribution in [0.2, 0.25) is 0 Å². The Bertz CT molecular complexity index is 1640. The topological polar surface area (TPSA) is 49.8 Å². The van der Waals surface area contributed by atoms with Gasteiger partial charge < -0.3 is 14.7 Å². The number of hydrogen-bond acceptors (Lipinski definition) is 4. The number of aryl methyl sites for hydroxylation is 1. The highest BCUT2D eigenvalue weighted by atomic mass is 19.4. The van der Waals surface area contributed by atoms with E-state index in [1.807, 2.05) is 20.8 Å². The summed E-state index contributed by atoms with van der Waals surface area (Å²) in [5.41, 5.74) is -0.281. The fourth-order valence-corrected chi connectivity index (χ4v) is 5.91. The molecule has 10 heteroatoms. The first-order valence-corrected chi connectivity index (χ1v) is 14.4. The first-order chi connectivity index (χ1) is 20.6. The second-order valence-electron chi connectivity index (χ2n) is 12.7. The van der Waals surface area contributed by atoms with Crippen LogP contribution in [0.25, 0.3) is 0 Å². The molecular formula is C35H37F6NO3. The molecule has 1 aliphatic heterocycles. The van der Waals surface area contributed by atoms with Gasteiger partial charge in [0.05, 0.1) is 28.4 Å². The number of allylic oxidation sites excluding steroid dienone is 6. The van der Waals surface area contributed by atoms with E-state index in [4.69, 9.17) is 4.74 Å². The Morgan fingerprint density at radius 2 is 1.62 bits per heavy atom. The second kappa shape index (κ2) is 11.5. The van der Waals surface area contributed by atoms with Gasteiger partial charge in [-0.25, -0.2) is 0 Å². The maximum atomic E-state index is 13.6. The van der Waals surface area contributed by atoms with Crippen molar-refractivity contribution in [2.45, 2.75) is 77.2 Å². The third kappa shape index (κ3) is 6.21. The van der Waals surface area contributed by atoms with Crippen molar-refractivity contribution in [1.29, 1.82) is 0 Å². The average molecular weight is 634 g/mol. The highest BCUT2D eigenvalue weighted by Gasteiger charge is 2.44. The molecule has 0 aromatic heterocycles. The van der Waals surface area contributed by atoms with Crippen molar-refractivity contribution < 1.29 is 41.0 Å². The monoisotopic (exact) mass is 633 g/mol. The second-order valence-corrected chi connectivity index (χ2v) is 12.7. The summed E-state index contributed by atoms with van der Waals surface area (Å²) in [5, 5.41) is 11.0. The molecule has 1 unspecified atom stereocenters. The molecule has 2 aromatic carbocycles. The van der Waals surface area contributed by atoms with Gasteiger partial charge in [-0.05, 0) is 78.9 Å². The molecule has 4 rings (SSSR count). The van der Waals surface area contributed by atoms with Crippen LogP contribution in [-0.2, 0) is 32.7 Å². The fourth-order valence-electron chi connectivity index (χ4n) is 5.91. The van der Waals surface area contributed by atoms with Crippen LogP contribution in [-0.4, -0.2) is 30.6 Å². The Morgan fingerprint density at radius 1 is 1.04 bits per heavy atom. The Morgan fingerprint density at radius 3 is 2.16 bits per heavy atom. The summed E-state index contributed by atoms with van der Waals surface area (Å²) in [6.45, 7) is 15.0. The Hall–Kier alpha value is -3.79. The first kappa shape index (κ1) is 34.1. The molecular weight excluding hydrogens is 596 g/mol. The zero-order valence-electron chi connectivity index (χ0n) is 26.3. The predicted octanol–water partition coefficient (Wildman–Crippen LogP) is 9.29. The first-order valence-electron chi connectivity index (χ1n) is 14.4. The van der Waals surface area contributed by atoms with Gasteiger partial charge in [-0.1, -0.05) is 46.4 Å². The largest absolute Gasteiger partial charge is 0.506 e. The summed E-state index contributed by atoms with van der Waals surface area (Å²) in [6.07, 6.45) is -5.77. The van der Waals surface area contributed by atoms with Crippen LogP contribution in [0.4, 0.5) is 32.0 Å². The molecule has 1 atom stereocenters. The predicted molar refractivity (Wildman–Crippen MR) is 162 cm³/mol. The minimum absolute atomic E-state index is 0.00304. The molecule has 0 saturated heterocycles. The number of aliphatic hydroxyl groups is 1. The number of hydrogen-bond donors (Lipinski definition) is 1. The van der Waals surface area contributed by atoms with Crippen LogP contribution in [0.3, 0.4) is 0 Å². The summed E-state index contributed by atoms with van der Waals surface area (Å²) < 4.78 is 85.9. The van der Waals surface area contributed by atoms with Gasteiger partial charge in [-0.15, -0.1) is 0 Å². The van der Waals surface area contributed by atoms with E-state index >= 15 is 0 Å². The summed E-state index contributed by atoms with van der Waals surface area (Å²) in [6, 6.07) is 7.04. The van der Waals surface area contributed by atoms with Gasteiger partial charge in [0.15, 0.2) is 0 Å². The number of alkyl halides is 6. The molecule has 2 aliphatic rings. The lowest BCUT2D eigenvalue weighted by Gasteiger charge is -2.31. The Balaban J connectivity index is 1.72. The minimum atomic E-state index is -4.54. The molecule has 4 nitrogen and oxygen atoms in total. The van der Waals surface area contributed by atoms with Gasteiger partial charge in [-0.3, -0.25) is 4.79 Å². The Labute approximate surface area is 259 Å². The molecule has 0 saturated carbocycles. The van der Waals surface area contributed by atoms with E-state index in [1.165, 1.54) is 24.3 Å². The van der Waals surface area contributed by atoms with Gasteiger partial charge >= 0.3 is 12.4 Å². The van der Waals surface area contributed by atoms with Crippen LogP contribution < -0.4 is 4.90 Å². The number of carbonyl (C=O) groups is 1.